The maximum atomic E-state index is 4.27. The van der Waals surface area contributed by atoms with Gasteiger partial charge in [0.05, 0.1) is 0 Å². The lowest BCUT2D eigenvalue weighted by atomic mass is 10.2. The summed E-state index contributed by atoms with van der Waals surface area (Å²) in [6.07, 6.45) is 5.89. The van der Waals surface area contributed by atoms with Gasteiger partial charge in [-0.15, -0.1) is 0 Å². The van der Waals surface area contributed by atoms with Crippen LogP contribution in [0.1, 0.15) is 18.4 Å². The van der Waals surface area contributed by atoms with Crippen molar-refractivity contribution in [1.29, 1.82) is 0 Å². The SMILES string of the molecule is CN=C(NCCCN(C)Cc1ccccc1)NCCCn1cccn1. The van der Waals surface area contributed by atoms with Crippen LogP contribution in [0, 0.1) is 0 Å². The smallest absolute Gasteiger partial charge is 0.190 e. The molecule has 0 aliphatic heterocycles. The summed E-state index contributed by atoms with van der Waals surface area (Å²) in [7, 11) is 3.97. The maximum Gasteiger partial charge on any atom is 0.190 e. The third-order valence-electron chi connectivity index (χ3n) is 3.94. The lowest BCUT2D eigenvalue weighted by Gasteiger charge is -2.17. The summed E-state index contributed by atoms with van der Waals surface area (Å²) in [6, 6.07) is 12.5. The van der Waals surface area contributed by atoms with Crippen LogP contribution in [0.15, 0.2) is 53.8 Å². The molecule has 0 atom stereocenters. The quantitative estimate of drug-likeness (QED) is 0.394. The van der Waals surface area contributed by atoms with Crippen molar-refractivity contribution >= 4 is 5.96 Å². The van der Waals surface area contributed by atoms with Gasteiger partial charge in [-0.3, -0.25) is 9.67 Å². The molecule has 136 valence electrons. The third-order valence-corrected chi connectivity index (χ3v) is 3.94. The van der Waals surface area contributed by atoms with Crippen LogP contribution in [0.4, 0.5) is 0 Å². The van der Waals surface area contributed by atoms with E-state index in [0.717, 1.165) is 51.5 Å². The Morgan fingerprint density at radius 1 is 1.12 bits per heavy atom. The molecule has 6 heteroatoms. The number of benzene rings is 1. The molecule has 0 fully saturated rings. The van der Waals surface area contributed by atoms with Gasteiger partial charge in [-0.2, -0.15) is 5.10 Å². The van der Waals surface area contributed by atoms with Crippen LogP contribution >= 0.6 is 0 Å². The van der Waals surface area contributed by atoms with Crippen LogP contribution in [0.25, 0.3) is 0 Å². The summed E-state index contributed by atoms with van der Waals surface area (Å²) in [5.41, 5.74) is 1.35. The predicted molar refractivity (Wildman–Crippen MR) is 104 cm³/mol. The number of nitrogens with one attached hydrogen (secondary N) is 2. The first-order chi connectivity index (χ1) is 12.3. The predicted octanol–water partition coefficient (Wildman–Crippen LogP) is 1.96. The fraction of sp³-hybridized carbons (Fsp3) is 0.474. The van der Waals surface area contributed by atoms with Gasteiger partial charge in [0.2, 0.25) is 0 Å². The highest BCUT2D eigenvalue weighted by molar-refractivity contribution is 5.79. The number of guanidine groups is 1. The Hall–Kier alpha value is -2.34. The number of aromatic nitrogens is 2. The summed E-state index contributed by atoms with van der Waals surface area (Å²) in [6.45, 7) is 4.76. The minimum absolute atomic E-state index is 0.867. The van der Waals surface area contributed by atoms with Crippen molar-refractivity contribution in [3.63, 3.8) is 0 Å². The van der Waals surface area contributed by atoms with Crippen molar-refractivity contribution in [2.75, 3.05) is 33.7 Å². The lowest BCUT2D eigenvalue weighted by Crippen LogP contribution is -2.39. The van der Waals surface area contributed by atoms with Crippen molar-refractivity contribution in [3.05, 3.63) is 54.4 Å². The van der Waals surface area contributed by atoms with E-state index in [9.17, 15) is 0 Å². The zero-order valence-corrected chi connectivity index (χ0v) is 15.4. The van der Waals surface area contributed by atoms with E-state index >= 15 is 0 Å². The molecule has 1 aromatic heterocycles. The number of hydrogen-bond acceptors (Lipinski definition) is 3. The van der Waals surface area contributed by atoms with Gasteiger partial charge in [-0.1, -0.05) is 30.3 Å². The molecule has 2 aromatic rings. The largest absolute Gasteiger partial charge is 0.356 e. The van der Waals surface area contributed by atoms with Crippen LogP contribution in [0.5, 0.6) is 0 Å². The van der Waals surface area contributed by atoms with E-state index in [1.807, 2.05) is 30.2 Å². The summed E-state index contributed by atoms with van der Waals surface area (Å²) >= 11 is 0. The molecule has 2 N–H and O–H groups in total. The third kappa shape index (κ3) is 7.85. The second-order valence-electron chi connectivity index (χ2n) is 6.13. The highest BCUT2D eigenvalue weighted by atomic mass is 15.3. The van der Waals surface area contributed by atoms with Crippen molar-refractivity contribution in [3.8, 4) is 0 Å². The summed E-state index contributed by atoms with van der Waals surface area (Å²) in [4.78, 5) is 6.61. The van der Waals surface area contributed by atoms with E-state index in [0.29, 0.717) is 0 Å². The van der Waals surface area contributed by atoms with Crippen LogP contribution in [0.2, 0.25) is 0 Å². The van der Waals surface area contributed by atoms with E-state index in [4.69, 9.17) is 0 Å². The van der Waals surface area contributed by atoms with Gasteiger partial charge in [0, 0.05) is 45.6 Å². The van der Waals surface area contributed by atoms with Crippen LogP contribution < -0.4 is 10.6 Å². The number of rotatable bonds is 10. The first kappa shape index (κ1) is 19.0. The van der Waals surface area contributed by atoms with E-state index in [2.05, 4.69) is 63.0 Å². The molecule has 0 aliphatic carbocycles. The van der Waals surface area contributed by atoms with E-state index in [-0.39, 0.29) is 0 Å². The standard InChI is InChI=1S/C19H30N6/c1-20-19(22-12-7-15-25-16-8-13-23-25)21-11-6-14-24(2)17-18-9-4-3-5-10-18/h3-5,8-10,13,16H,6-7,11-12,14-15,17H2,1-2H3,(H2,20,21,22). The van der Waals surface area contributed by atoms with Crippen LogP contribution in [-0.2, 0) is 13.1 Å². The molecule has 0 amide bonds. The van der Waals surface area contributed by atoms with E-state index < -0.39 is 0 Å². The molecule has 25 heavy (non-hydrogen) atoms. The Morgan fingerprint density at radius 2 is 1.88 bits per heavy atom. The number of aliphatic imine (C=N–C) groups is 1. The summed E-state index contributed by atoms with van der Waals surface area (Å²) < 4.78 is 1.94. The molecule has 0 aliphatic rings. The van der Waals surface area contributed by atoms with Gasteiger partial charge >= 0.3 is 0 Å². The Kier molecular flexibility index (Phi) is 8.55. The molecule has 1 aromatic carbocycles. The van der Waals surface area contributed by atoms with Gasteiger partial charge in [-0.25, -0.2) is 0 Å². The van der Waals surface area contributed by atoms with Gasteiger partial charge < -0.3 is 15.5 Å². The molecule has 6 nitrogen and oxygen atoms in total. The Balaban J connectivity index is 1.53. The summed E-state index contributed by atoms with van der Waals surface area (Å²) in [5.74, 6) is 0.867. The van der Waals surface area contributed by atoms with E-state index in [1.54, 1.807) is 0 Å². The van der Waals surface area contributed by atoms with Gasteiger partial charge in [0.15, 0.2) is 5.96 Å². The van der Waals surface area contributed by atoms with Gasteiger partial charge in [0.1, 0.15) is 0 Å². The number of aryl methyl sites for hydroxylation is 1. The maximum absolute atomic E-state index is 4.27. The minimum atomic E-state index is 0.867. The number of nitrogens with zero attached hydrogens (tertiary/aromatic N) is 4. The Labute approximate surface area is 151 Å². The average molecular weight is 342 g/mol. The first-order valence-corrected chi connectivity index (χ1v) is 8.92. The molecule has 0 saturated carbocycles. The van der Waals surface area contributed by atoms with Gasteiger partial charge in [0.25, 0.3) is 0 Å². The molecule has 0 spiro atoms. The van der Waals surface area contributed by atoms with Crippen molar-refractivity contribution < 1.29 is 0 Å². The average Bonchev–Trinajstić information content (AvgIpc) is 3.14. The van der Waals surface area contributed by atoms with Crippen molar-refractivity contribution in [1.82, 2.24) is 25.3 Å². The zero-order valence-electron chi connectivity index (χ0n) is 15.4. The molecule has 0 unspecified atom stereocenters. The monoisotopic (exact) mass is 342 g/mol. The lowest BCUT2D eigenvalue weighted by molar-refractivity contribution is 0.322. The highest BCUT2D eigenvalue weighted by Gasteiger charge is 2.01. The second-order valence-corrected chi connectivity index (χ2v) is 6.13. The Bertz CT molecular complexity index is 594. The molecule has 0 saturated heterocycles. The second kappa shape index (κ2) is 11.3. The summed E-state index contributed by atoms with van der Waals surface area (Å²) in [5, 5.41) is 10.9. The topological polar surface area (TPSA) is 57.5 Å². The number of hydrogen-bond donors (Lipinski definition) is 2. The van der Waals surface area contributed by atoms with Crippen molar-refractivity contribution in [2.45, 2.75) is 25.9 Å². The minimum Gasteiger partial charge on any atom is -0.356 e. The normalized spacial score (nSPS) is 11.7. The van der Waals surface area contributed by atoms with Crippen LogP contribution in [-0.4, -0.2) is 54.4 Å². The Morgan fingerprint density at radius 3 is 2.56 bits per heavy atom. The molecule has 0 radical (unpaired) electrons. The molecular formula is C19H30N6. The molecule has 0 bridgehead atoms. The highest BCUT2D eigenvalue weighted by Crippen LogP contribution is 2.02. The van der Waals surface area contributed by atoms with E-state index in [1.165, 1.54) is 5.56 Å². The first-order valence-electron chi connectivity index (χ1n) is 8.92. The zero-order chi connectivity index (χ0) is 17.7. The van der Waals surface area contributed by atoms with Crippen molar-refractivity contribution in [2.24, 2.45) is 4.99 Å². The fourth-order valence-corrected chi connectivity index (χ4v) is 2.63. The molecule has 2 rings (SSSR count). The fourth-order valence-electron chi connectivity index (χ4n) is 2.63. The molecular weight excluding hydrogens is 312 g/mol. The molecule has 1 heterocycles. The van der Waals surface area contributed by atoms with Crippen LogP contribution in [0.3, 0.4) is 0 Å². The van der Waals surface area contributed by atoms with Gasteiger partial charge in [-0.05, 0) is 38.1 Å².